The second kappa shape index (κ2) is 5.76. The lowest BCUT2D eigenvalue weighted by Gasteiger charge is -2.06. The quantitative estimate of drug-likeness (QED) is 0.860. The molecule has 0 spiro atoms. The van der Waals surface area contributed by atoms with Gasteiger partial charge in [-0.2, -0.15) is 10.4 Å². The molecule has 0 aliphatic rings. The summed E-state index contributed by atoms with van der Waals surface area (Å²) in [6.45, 7) is -0.0911. The Morgan fingerprint density at radius 2 is 1.86 bits per heavy atom. The normalized spacial score (nSPS) is 11.0. The number of aromatic nitrogens is 2. The highest BCUT2D eigenvalue weighted by molar-refractivity contribution is 7.91. The molecule has 1 aromatic heterocycles. The van der Waals surface area contributed by atoms with Crippen LogP contribution in [-0.4, -0.2) is 24.0 Å². The lowest BCUT2D eigenvalue weighted by molar-refractivity contribution is 0.572. The Labute approximate surface area is 121 Å². The molecule has 7 nitrogen and oxygen atoms in total. The molecule has 1 aromatic carbocycles. The van der Waals surface area contributed by atoms with Crippen LogP contribution >= 0.6 is 0 Å². The molecule has 2 N–H and O–H groups in total. The van der Waals surface area contributed by atoms with E-state index in [0.29, 0.717) is 5.56 Å². The van der Waals surface area contributed by atoms with Crippen LogP contribution in [0.5, 0.6) is 0 Å². The smallest absolute Gasteiger partial charge is 0.266 e. The minimum atomic E-state index is -3.56. The number of hydrogen-bond donors (Lipinski definition) is 1. The molecule has 0 radical (unpaired) electrons. The Kier molecular flexibility index (Phi) is 4.05. The van der Waals surface area contributed by atoms with E-state index in [4.69, 9.17) is 11.0 Å². The predicted molar refractivity (Wildman–Crippen MR) is 76.1 cm³/mol. The molecule has 0 fully saturated rings. The number of nitriles is 1. The van der Waals surface area contributed by atoms with E-state index < -0.39 is 15.4 Å². The van der Waals surface area contributed by atoms with E-state index in [-0.39, 0.29) is 23.0 Å². The van der Waals surface area contributed by atoms with Crippen LogP contribution in [0.1, 0.15) is 5.56 Å². The summed E-state index contributed by atoms with van der Waals surface area (Å²) >= 11 is 0. The Balaban J connectivity index is 2.19. The Bertz CT molecular complexity index is 848. The van der Waals surface area contributed by atoms with Crippen LogP contribution in [0.3, 0.4) is 0 Å². The van der Waals surface area contributed by atoms with Crippen LogP contribution in [0.25, 0.3) is 0 Å². The maximum absolute atomic E-state index is 12.1. The van der Waals surface area contributed by atoms with E-state index in [2.05, 4.69) is 5.10 Å². The minimum absolute atomic E-state index is 0.0911. The van der Waals surface area contributed by atoms with Crippen LogP contribution in [0.4, 0.5) is 5.82 Å². The van der Waals surface area contributed by atoms with Gasteiger partial charge in [-0.15, -0.1) is 0 Å². The second-order valence-electron chi connectivity index (χ2n) is 4.27. The maximum Gasteiger partial charge on any atom is 0.266 e. The lowest BCUT2D eigenvalue weighted by atomic mass is 10.2. The molecule has 108 valence electrons. The number of nitrogens with two attached hydrogens (primary N) is 1. The number of anilines is 1. The van der Waals surface area contributed by atoms with Gasteiger partial charge in [0.15, 0.2) is 9.84 Å². The van der Waals surface area contributed by atoms with Crippen molar-refractivity contribution in [1.29, 1.82) is 5.26 Å². The summed E-state index contributed by atoms with van der Waals surface area (Å²) in [6, 6.07) is 10.1. The third-order valence-electron chi connectivity index (χ3n) is 2.80. The zero-order valence-electron chi connectivity index (χ0n) is 10.9. The van der Waals surface area contributed by atoms with Gasteiger partial charge >= 0.3 is 0 Å². The van der Waals surface area contributed by atoms with E-state index in [1.807, 2.05) is 6.07 Å². The number of benzene rings is 1. The van der Waals surface area contributed by atoms with Crippen molar-refractivity contribution < 1.29 is 8.42 Å². The number of nitrogens with zero attached hydrogens (tertiary/aromatic N) is 3. The zero-order valence-corrected chi connectivity index (χ0v) is 11.7. The van der Waals surface area contributed by atoms with Crippen LogP contribution < -0.4 is 11.3 Å². The molecule has 2 aromatic rings. The zero-order chi connectivity index (χ0) is 15.5. The van der Waals surface area contributed by atoms with E-state index >= 15 is 0 Å². The molecule has 8 heteroatoms. The first-order chi connectivity index (χ1) is 9.92. The fourth-order valence-corrected chi connectivity index (χ4v) is 2.89. The summed E-state index contributed by atoms with van der Waals surface area (Å²) in [7, 11) is -3.56. The topological polar surface area (TPSA) is 119 Å². The SMILES string of the molecule is N#Cc1ccc(S(=O)(=O)CCn2nc(N)ccc2=O)cc1. The Hall–Kier alpha value is -2.66. The summed E-state index contributed by atoms with van der Waals surface area (Å²) < 4.78 is 25.3. The van der Waals surface area contributed by atoms with Gasteiger partial charge in [0.05, 0.1) is 28.8 Å². The van der Waals surface area contributed by atoms with Gasteiger partial charge in [0, 0.05) is 6.07 Å². The fourth-order valence-electron chi connectivity index (χ4n) is 1.69. The fraction of sp³-hybridized carbons (Fsp3) is 0.154. The van der Waals surface area contributed by atoms with Gasteiger partial charge in [-0.3, -0.25) is 4.79 Å². The van der Waals surface area contributed by atoms with E-state index in [1.54, 1.807) is 0 Å². The second-order valence-corrected chi connectivity index (χ2v) is 6.38. The maximum atomic E-state index is 12.1. The first-order valence-electron chi connectivity index (χ1n) is 5.99. The first-order valence-corrected chi connectivity index (χ1v) is 7.64. The van der Waals surface area contributed by atoms with Gasteiger partial charge < -0.3 is 5.73 Å². The van der Waals surface area contributed by atoms with Gasteiger partial charge in [0.1, 0.15) is 5.82 Å². The van der Waals surface area contributed by atoms with Gasteiger partial charge in [-0.05, 0) is 30.3 Å². The van der Waals surface area contributed by atoms with Gasteiger partial charge in [-0.25, -0.2) is 13.1 Å². The van der Waals surface area contributed by atoms with E-state index in [0.717, 1.165) is 4.68 Å². The van der Waals surface area contributed by atoms with Crippen LogP contribution in [0.15, 0.2) is 46.1 Å². The highest BCUT2D eigenvalue weighted by Gasteiger charge is 2.15. The Morgan fingerprint density at radius 1 is 1.19 bits per heavy atom. The highest BCUT2D eigenvalue weighted by Crippen LogP contribution is 2.12. The van der Waals surface area contributed by atoms with Gasteiger partial charge in [0.2, 0.25) is 0 Å². The van der Waals surface area contributed by atoms with E-state index in [9.17, 15) is 13.2 Å². The van der Waals surface area contributed by atoms with Crippen molar-refractivity contribution >= 4 is 15.7 Å². The van der Waals surface area contributed by atoms with Crippen molar-refractivity contribution in [3.8, 4) is 6.07 Å². The van der Waals surface area contributed by atoms with E-state index in [1.165, 1.54) is 36.4 Å². The van der Waals surface area contributed by atoms with Crippen molar-refractivity contribution in [2.24, 2.45) is 0 Å². The molecule has 0 amide bonds. The monoisotopic (exact) mass is 304 g/mol. The van der Waals surface area contributed by atoms with Gasteiger partial charge in [-0.1, -0.05) is 0 Å². The van der Waals surface area contributed by atoms with Crippen LogP contribution in [0, 0.1) is 11.3 Å². The van der Waals surface area contributed by atoms with Crippen molar-refractivity contribution in [3.05, 3.63) is 52.3 Å². The number of aryl methyl sites for hydroxylation is 1. The number of sulfone groups is 1. The molecular weight excluding hydrogens is 292 g/mol. The van der Waals surface area contributed by atoms with Crippen LogP contribution in [-0.2, 0) is 16.4 Å². The molecule has 0 aliphatic heterocycles. The minimum Gasteiger partial charge on any atom is -0.382 e. The summed E-state index contributed by atoms with van der Waals surface area (Å²) in [5.41, 5.74) is 5.42. The highest BCUT2D eigenvalue weighted by atomic mass is 32.2. The molecule has 0 unspecified atom stereocenters. The van der Waals surface area contributed by atoms with Crippen LogP contribution in [0.2, 0.25) is 0 Å². The average molecular weight is 304 g/mol. The summed E-state index contributed by atoms with van der Waals surface area (Å²) in [6.07, 6.45) is 0. The molecule has 2 rings (SSSR count). The van der Waals surface area contributed by atoms with Crippen molar-refractivity contribution in [2.75, 3.05) is 11.5 Å². The standard InChI is InChI=1S/C13H12N4O3S/c14-9-10-1-3-11(4-2-10)21(19,20)8-7-17-13(18)6-5-12(15)16-17/h1-6H,7-8H2,(H2,15,16). The third-order valence-corrected chi connectivity index (χ3v) is 4.51. The summed E-state index contributed by atoms with van der Waals surface area (Å²) in [5.74, 6) is -0.139. The molecule has 0 bridgehead atoms. The predicted octanol–water partition coefficient (Wildman–Crippen LogP) is 0.171. The molecule has 0 aliphatic carbocycles. The molecule has 0 atom stereocenters. The molecular formula is C13H12N4O3S. The lowest BCUT2D eigenvalue weighted by Crippen LogP contribution is -2.26. The largest absolute Gasteiger partial charge is 0.382 e. The summed E-state index contributed by atoms with van der Waals surface area (Å²) in [4.78, 5) is 11.6. The van der Waals surface area contributed by atoms with Crippen molar-refractivity contribution in [1.82, 2.24) is 9.78 Å². The number of hydrogen-bond acceptors (Lipinski definition) is 6. The van der Waals surface area contributed by atoms with Crippen molar-refractivity contribution in [2.45, 2.75) is 11.4 Å². The average Bonchev–Trinajstić information content (AvgIpc) is 2.48. The van der Waals surface area contributed by atoms with Crippen molar-refractivity contribution in [3.63, 3.8) is 0 Å². The Morgan fingerprint density at radius 3 is 2.48 bits per heavy atom. The number of rotatable bonds is 4. The molecule has 0 saturated carbocycles. The number of nitrogen functional groups attached to an aromatic ring is 1. The summed E-state index contributed by atoms with van der Waals surface area (Å²) in [5, 5.41) is 12.5. The van der Waals surface area contributed by atoms with Gasteiger partial charge in [0.25, 0.3) is 5.56 Å². The third kappa shape index (κ3) is 3.46. The molecule has 0 saturated heterocycles. The molecule has 1 heterocycles. The molecule has 21 heavy (non-hydrogen) atoms. The first kappa shape index (κ1) is 14.7.